The van der Waals surface area contributed by atoms with Gasteiger partial charge in [0.25, 0.3) is 0 Å². The molecule has 1 unspecified atom stereocenters. The number of aromatic nitrogens is 4. The molecular weight excluding hydrogens is 322 g/mol. The number of hydrogen-bond acceptors (Lipinski definition) is 4. The molecule has 0 saturated heterocycles. The van der Waals surface area contributed by atoms with E-state index in [2.05, 4.69) is 10.1 Å². The van der Waals surface area contributed by atoms with Crippen molar-refractivity contribution in [3.8, 4) is 11.1 Å². The molecule has 4 aromatic rings. The highest BCUT2D eigenvalue weighted by Crippen LogP contribution is 2.27. The quantitative estimate of drug-likeness (QED) is 0.622. The van der Waals surface area contributed by atoms with Gasteiger partial charge in [0.2, 0.25) is 0 Å². The van der Waals surface area contributed by atoms with Crippen LogP contribution in [-0.4, -0.2) is 19.6 Å². The molecule has 6 heteroatoms. The van der Waals surface area contributed by atoms with Crippen molar-refractivity contribution >= 4 is 17.2 Å². The fraction of sp³-hybridized carbons (Fsp3) is 0.0556. The Morgan fingerprint density at radius 3 is 2.71 bits per heavy atom. The average Bonchev–Trinajstić information content (AvgIpc) is 3.05. The highest BCUT2D eigenvalue weighted by Gasteiger charge is 2.14. The number of hydrogen-bond donors (Lipinski definition) is 1. The molecule has 0 aliphatic carbocycles. The second kappa shape index (κ2) is 6.03. The van der Waals surface area contributed by atoms with E-state index >= 15 is 0 Å². The van der Waals surface area contributed by atoms with E-state index in [1.165, 1.54) is 0 Å². The molecule has 0 fully saturated rings. The van der Waals surface area contributed by atoms with Crippen molar-refractivity contribution < 1.29 is 0 Å². The first-order valence-corrected chi connectivity index (χ1v) is 7.86. The molecule has 0 aliphatic heterocycles. The van der Waals surface area contributed by atoms with Crippen LogP contribution in [0.4, 0.5) is 0 Å². The van der Waals surface area contributed by atoms with E-state index < -0.39 is 0 Å². The zero-order valence-corrected chi connectivity index (χ0v) is 13.4. The summed E-state index contributed by atoms with van der Waals surface area (Å²) in [5.74, 6) is 0. The first-order valence-electron chi connectivity index (χ1n) is 7.48. The Balaban J connectivity index is 1.82. The van der Waals surface area contributed by atoms with Crippen LogP contribution in [0.15, 0.2) is 67.3 Å². The third-order valence-corrected chi connectivity index (χ3v) is 4.15. The van der Waals surface area contributed by atoms with E-state index in [4.69, 9.17) is 22.3 Å². The van der Waals surface area contributed by atoms with Gasteiger partial charge in [-0.15, -0.1) is 0 Å². The summed E-state index contributed by atoms with van der Waals surface area (Å²) in [6, 6.07) is 13.0. The lowest BCUT2D eigenvalue weighted by atomic mass is 10.1. The van der Waals surface area contributed by atoms with E-state index in [1.807, 2.05) is 48.7 Å². The van der Waals surface area contributed by atoms with Gasteiger partial charge in [-0.3, -0.25) is 4.98 Å². The topological polar surface area (TPSA) is 69.1 Å². The predicted molar refractivity (Wildman–Crippen MR) is 93.7 cm³/mol. The van der Waals surface area contributed by atoms with E-state index in [9.17, 15) is 0 Å². The van der Waals surface area contributed by atoms with Crippen LogP contribution in [0.25, 0.3) is 16.8 Å². The van der Waals surface area contributed by atoms with Gasteiger partial charge < -0.3 is 5.73 Å². The van der Waals surface area contributed by atoms with Crippen LogP contribution >= 0.6 is 11.6 Å². The van der Waals surface area contributed by atoms with Gasteiger partial charge in [0.05, 0.1) is 17.9 Å². The Morgan fingerprint density at radius 1 is 1.08 bits per heavy atom. The van der Waals surface area contributed by atoms with Crippen molar-refractivity contribution in [1.29, 1.82) is 0 Å². The molecule has 0 bridgehead atoms. The summed E-state index contributed by atoms with van der Waals surface area (Å²) < 4.78 is 1.74. The first kappa shape index (κ1) is 14.8. The van der Waals surface area contributed by atoms with E-state index in [1.54, 1.807) is 23.1 Å². The van der Waals surface area contributed by atoms with E-state index in [0.29, 0.717) is 5.02 Å². The minimum atomic E-state index is -0.319. The Bertz CT molecular complexity index is 997. The largest absolute Gasteiger partial charge is 0.319 e. The summed E-state index contributed by atoms with van der Waals surface area (Å²) in [5, 5.41) is 5.04. The summed E-state index contributed by atoms with van der Waals surface area (Å²) >= 11 is 6.10. The minimum Gasteiger partial charge on any atom is -0.319 e. The number of benzene rings is 1. The van der Waals surface area contributed by atoms with Gasteiger partial charge in [-0.1, -0.05) is 23.7 Å². The standard InChI is InChI=1S/C18H14ClN5/c19-14-3-1-2-13(10-14)15-11-22-24-9-6-16(23-18(15)24)17(20)12-4-7-21-8-5-12/h1-11,17H,20H2. The zero-order chi connectivity index (χ0) is 16.5. The van der Waals surface area contributed by atoms with Gasteiger partial charge in [0.1, 0.15) is 0 Å². The van der Waals surface area contributed by atoms with Crippen LogP contribution in [0.2, 0.25) is 5.02 Å². The summed E-state index contributed by atoms with van der Waals surface area (Å²) in [6.45, 7) is 0. The molecule has 1 aromatic carbocycles. The smallest absolute Gasteiger partial charge is 0.163 e. The van der Waals surface area contributed by atoms with Crippen molar-refractivity contribution in [2.75, 3.05) is 0 Å². The summed E-state index contributed by atoms with van der Waals surface area (Å²) in [7, 11) is 0. The number of nitrogens with zero attached hydrogens (tertiary/aromatic N) is 4. The van der Waals surface area contributed by atoms with Crippen molar-refractivity contribution in [2.45, 2.75) is 6.04 Å². The SMILES string of the molecule is NC(c1ccncc1)c1ccn2ncc(-c3cccc(Cl)c3)c2n1. The molecule has 118 valence electrons. The summed E-state index contributed by atoms with van der Waals surface area (Å²) in [6.07, 6.45) is 7.11. The molecule has 3 aromatic heterocycles. The molecule has 2 N–H and O–H groups in total. The summed E-state index contributed by atoms with van der Waals surface area (Å²) in [4.78, 5) is 8.75. The molecule has 5 nitrogen and oxygen atoms in total. The van der Waals surface area contributed by atoms with Gasteiger partial charge in [-0.05, 0) is 41.5 Å². The summed E-state index contributed by atoms with van der Waals surface area (Å²) in [5.41, 5.74) is 10.7. The van der Waals surface area contributed by atoms with Gasteiger partial charge in [0, 0.05) is 29.2 Å². The number of pyridine rings is 1. The van der Waals surface area contributed by atoms with Crippen LogP contribution in [0.1, 0.15) is 17.3 Å². The van der Waals surface area contributed by atoms with Crippen LogP contribution in [0.5, 0.6) is 0 Å². The monoisotopic (exact) mass is 335 g/mol. The first-order chi connectivity index (χ1) is 11.7. The molecule has 1 atom stereocenters. The molecule has 4 rings (SSSR count). The zero-order valence-electron chi connectivity index (χ0n) is 12.7. The lowest BCUT2D eigenvalue weighted by Gasteiger charge is -2.11. The Labute approximate surface area is 143 Å². The third-order valence-electron chi connectivity index (χ3n) is 3.91. The minimum absolute atomic E-state index is 0.319. The Kier molecular flexibility index (Phi) is 3.72. The van der Waals surface area contributed by atoms with Crippen molar-refractivity contribution in [2.24, 2.45) is 5.73 Å². The Hall–Kier alpha value is -2.76. The molecule has 0 saturated carbocycles. The van der Waals surface area contributed by atoms with Gasteiger partial charge >= 0.3 is 0 Å². The van der Waals surface area contributed by atoms with E-state index in [-0.39, 0.29) is 6.04 Å². The molecule has 0 radical (unpaired) electrons. The molecule has 3 heterocycles. The molecule has 24 heavy (non-hydrogen) atoms. The van der Waals surface area contributed by atoms with E-state index in [0.717, 1.165) is 28.0 Å². The number of nitrogens with two attached hydrogens (primary N) is 1. The molecular formula is C18H14ClN5. The van der Waals surface area contributed by atoms with Gasteiger partial charge in [-0.2, -0.15) is 5.10 Å². The van der Waals surface area contributed by atoms with Crippen molar-refractivity contribution in [1.82, 2.24) is 19.6 Å². The number of halogens is 1. The fourth-order valence-corrected chi connectivity index (χ4v) is 2.85. The Morgan fingerprint density at radius 2 is 1.92 bits per heavy atom. The van der Waals surface area contributed by atoms with Crippen LogP contribution < -0.4 is 5.73 Å². The molecule has 0 spiro atoms. The normalized spacial score (nSPS) is 12.4. The lowest BCUT2D eigenvalue weighted by molar-refractivity contribution is 0.812. The maximum absolute atomic E-state index is 6.35. The number of fused-ring (bicyclic) bond motifs is 1. The van der Waals surface area contributed by atoms with Crippen molar-refractivity contribution in [3.63, 3.8) is 0 Å². The van der Waals surface area contributed by atoms with Crippen LogP contribution in [0, 0.1) is 0 Å². The van der Waals surface area contributed by atoms with Gasteiger partial charge in [-0.25, -0.2) is 9.50 Å². The fourth-order valence-electron chi connectivity index (χ4n) is 2.66. The number of rotatable bonds is 3. The van der Waals surface area contributed by atoms with Crippen LogP contribution in [-0.2, 0) is 0 Å². The van der Waals surface area contributed by atoms with Gasteiger partial charge in [0.15, 0.2) is 5.65 Å². The highest BCUT2D eigenvalue weighted by molar-refractivity contribution is 6.30. The maximum atomic E-state index is 6.35. The average molecular weight is 336 g/mol. The molecule has 0 amide bonds. The second-order valence-corrected chi connectivity index (χ2v) is 5.88. The molecule has 0 aliphatic rings. The third kappa shape index (κ3) is 2.64. The maximum Gasteiger partial charge on any atom is 0.163 e. The van der Waals surface area contributed by atoms with Crippen molar-refractivity contribution in [3.05, 3.63) is 83.5 Å². The predicted octanol–water partition coefficient (Wildman–Crippen LogP) is 3.49. The lowest BCUT2D eigenvalue weighted by Crippen LogP contribution is -2.14. The highest BCUT2D eigenvalue weighted by atomic mass is 35.5. The van der Waals surface area contributed by atoms with Crippen LogP contribution in [0.3, 0.4) is 0 Å². The second-order valence-electron chi connectivity index (χ2n) is 5.45.